The molecule has 1 aliphatic rings. The molecule has 0 fully saturated rings. The van der Waals surface area contributed by atoms with Crippen LogP contribution in [0.25, 0.3) is 0 Å². The molecule has 7 nitrogen and oxygen atoms in total. The molecule has 1 aromatic rings. The van der Waals surface area contributed by atoms with Crippen LogP contribution in [0.3, 0.4) is 0 Å². The van der Waals surface area contributed by atoms with Gasteiger partial charge in [-0.15, -0.1) is 0 Å². The third-order valence-corrected chi connectivity index (χ3v) is 3.49. The summed E-state index contributed by atoms with van der Waals surface area (Å²) in [4.78, 5) is 25.5. The Balaban J connectivity index is 2.57. The number of methoxy groups -OCH3 is 2. The molecule has 1 aliphatic heterocycles. The van der Waals surface area contributed by atoms with Crippen molar-refractivity contribution in [2.45, 2.75) is 6.92 Å². The molecule has 0 aromatic heterocycles. The van der Waals surface area contributed by atoms with Crippen LogP contribution in [0.4, 0.5) is 5.69 Å². The topological polar surface area (TPSA) is 88.9 Å². The number of anilines is 1. The van der Waals surface area contributed by atoms with Crippen molar-refractivity contribution in [3.05, 3.63) is 40.6 Å². The predicted octanol–water partition coefficient (Wildman–Crippen LogP) is 1.26. The maximum absolute atomic E-state index is 12.2. The largest absolute Gasteiger partial charge is 0.466 e. The molecule has 0 saturated heterocycles. The van der Waals surface area contributed by atoms with Crippen molar-refractivity contribution in [2.75, 3.05) is 32.5 Å². The lowest BCUT2D eigenvalue weighted by Crippen LogP contribution is -2.38. The average Bonchev–Trinajstić information content (AvgIpc) is 2.60. The Kier molecular flexibility index (Phi) is 4.98. The molecule has 0 saturated carbocycles. The SMILES string of the molecule is COC(=O)C1=C(C(=O)OC)N(c2ccc(C)c(C#N)c2)COC1. The second-order valence-electron chi connectivity index (χ2n) is 4.83. The minimum absolute atomic E-state index is 0.0510. The number of aryl methyl sites for hydroxylation is 1. The van der Waals surface area contributed by atoms with Gasteiger partial charge in [0.1, 0.15) is 12.4 Å². The van der Waals surface area contributed by atoms with Crippen LogP contribution in [-0.2, 0) is 23.8 Å². The molecule has 0 unspecified atom stereocenters. The molecular formula is C16H16N2O5. The van der Waals surface area contributed by atoms with Gasteiger partial charge in [0, 0.05) is 5.69 Å². The number of hydrogen-bond acceptors (Lipinski definition) is 7. The van der Waals surface area contributed by atoms with E-state index in [9.17, 15) is 9.59 Å². The number of hydrogen-bond donors (Lipinski definition) is 0. The average molecular weight is 316 g/mol. The number of esters is 2. The van der Waals surface area contributed by atoms with Gasteiger partial charge in [-0.05, 0) is 24.6 Å². The van der Waals surface area contributed by atoms with Gasteiger partial charge in [-0.25, -0.2) is 9.59 Å². The summed E-state index contributed by atoms with van der Waals surface area (Å²) in [6.07, 6.45) is 0. The van der Waals surface area contributed by atoms with Crippen molar-refractivity contribution in [3.8, 4) is 6.07 Å². The van der Waals surface area contributed by atoms with E-state index in [2.05, 4.69) is 6.07 Å². The van der Waals surface area contributed by atoms with E-state index in [1.807, 2.05) is 6.92 Å². The molecule has 0 amide bonds. The van der Waals surface area contributed by atoms with E-state index in [0.717, 1.165) is 5.56 Å². The second kappa shape index (κ2) is 6.94. The highest BCUT2D eigenvalue weighted by Crippen LogP contribution is 2.28. The first-order valence-corrected chi connectivity index (χ1v) is 6.79. The molecule has 1 heterocycles. The number of carbonyl (C=O) groups excluding carboxylic acids is 2. The quantitative estimate of drug-likeness (QED) is 0.776. The summed E-state index contributed by atoms with van der Waals surface area (Å²) in [7, 11) is 2.45. The number of benzene rings is 1. The van der Waals surface area contributed by atoms with E-state index in [1.165, 1.54) is 19.1 Å². The zero-order chi connectivity index (χ0) is 17.0. The summed E-state index contributed by atoms with van der Waals surface area (Å²) >= 11 is 0. The molecule has 0 atom stereocenters. The summed E-state index contributed by atoms with van der Waals surface area (Å²) in [5, 5.41) is 9.16. The summed E-state index contributed by atoms with van der Waals surface area (Å²) in [6, 6.07) is 7.21. The van der Waals surface area contributed by atoms with Crippen LogP contribution < -0.4 is 4.90 Å². The lowest BCUT2D eigenvalue weighted by Gasteiger charge is -2.31. The first kappa shape index (κ1) is 16.5. The van der Waals surface area contributed by atoms with Crippen LogP contribution >= 0.6 is 0 Å². The lowest BCUT2D eigenvalue weighted by molar-refractivity contribution is -0.140. The predicted molar refractivity (Wildman–Crippen MR) is 80.3 cm³/mol. The number of nitriles is 1. The van der Waals surface area contributed by atoms with Crippen LogP contribution in [0.1, 0.15) is 11.1 Å². The summed E-state index contributed by atoms with van der Waals surface area (Å²) in [5.41, 5.74) is 1.96. The number of nitrogens with zero attached hydrogens (tertiary/aromatic N) is 2. The van der Waals surface area contributed by atoms with Crippen molar-refractivity contribution in [3.63, 3.8) is 0 Å². The van der Waals surface area contributed by atoms with E-state index in [0.29, 0.717) is 11.3 Å². The fourth-order valence-corrected chi connectivity index (χ4v) is 2.25. The molecule has 7 heteroatoms. The van der Waals surface area contributed by atoms with Crippen molar-refractivity contribution >= 4 is 17.6 Å². The van der Waals surface area contributed by atoms with E-state index in [-0.39, 0.29) is 24.6 Å². The Morgan fingerprint density at radius 3 is 2.57 bits per heavy atom. The summed E-state index contributed by atoms with van der Waals surface area (Å²) < 4.78 is 14.9. The van der Waals surface area contributed by atoms with Crippen molar-refractivity contribution in [1.82, 2.24) is 0 Å². The molecule has 1 aromatic carbocycles. The normalized spacial score (nSPS) is 14.3. The Labute approximate surface area is 133 Å². The Hall–Kier alpha value is -2.85. The molecule has 0 N–H and O–H groups in total. The molecule has 2 rings (SSSR count). The third-order valence-electron chi connectivity index (χ3n) is 3.49. The molecule has 0 radical (unpaired) electrons. The van der Waals surface area contributed by atoms with Gasteiger partial charge in [0.15, 0.2) is 0 Å². The summed E-state index contributed by atoms with van der Waals surface area (Å²) in [6.45, 7) is 1.81. The molecule has 23 heavy (non-hydrogen) atoms. The Bertz CT molecular complexity index is 718. The fraction of sp³-hybridized carbons (Fsp3) is 0.312. The second-order valence-corrected chi connectivity index (χ2v) is 4.83. The van der Waals surface area contributed by atoms with Gasteiger partial charge in [0.25, 0.3) is 0 Å². The zero-order valence-electron chi connectivity index (χ0n) is 13.1. The fourth-order valence-electron chi connectivity index (χ4n) is 2.25. The number of ether oxygens (including phenoxy) is 3. The number of carbonyl (C=O) groups is 2. The van der Waals surface area contributed by atoms with Crippen LogP contribution in [0.5, 0.6) is 0 Å². The lowest BCUT2D eigenvalue weighted by atomic mass is 10.1. The van der Waals surface area contributed by atoms with Crippen molar-refractivity contribution in [1.29, 1.82) is 5.26 Å². The maximum atomic E-state index is 12.2. The molecular weight excluding hydrogens is 300 g/mol. The van der Waals surface area contributed by atoms with Crippen LogP contribution in [0.15, 0.2) is 29.5 Å². The minimum Gasteiger partial charge on any atom is -0.466 e. The minimum atomic E-state index is -0.673. The highest BCUT2D eigenvalue weighted by atomic mass is 16.5. The Morgan fingerprint density at radius 2 is 1.96 bits per heavy atom. The van der Waals surface area contributed by atoms with Gasteiger partial charge in [-0.1, -0.05) is 6.07 Å². The zero-order valence-corrected chi connectivity index (χ0v) is 13.1. The van der Waals surface area contributed by atoms with Gasteiger partial charge in [-0.2, -0.15) is 5.26 Å². The molecule has 0 aliphatic carbocycles. The molecule has 0 spiro atoms. The first-order chi connectivity index (χ1) is 11.0. The highest BCUT2D eigenvalue weighted by molar-refractivity contribution is 6.03. The van der Waals surface area contributed by atoms with Crippen molar-refractivity contribution < 1.29 is 23.8 Å². The van der Waals surface area contributed by atoms with Crippen LogP contribution in [-0.4, -0.2) is 39.5 Å². The first-order valence-electron chi connectivity index (χ1n) is 6.79. The highest BCUT2D eigenvalue weighted by Gasteiger charge is 2.32. The number of rotatable bonds is 3. The van der Waals surface area contributed by atoms with E-state index >= 15 is 0 Å². The maximum Gasteiger partial charge on any atom is 0.355 e. The molecule has 120 valence electrons. The van der Waals surface area contributed by atoms with Crippen LogP contribution in [0.2, 0.25) is 0 Å². The van der Waals surface area contributed by atoms with Gasteiger partial charge in [-0.3, -0.25) is 0 Å². The molecule has 0 bridgehead atoms. The standard InChI is InChI=1S/C16H16N2O5/c1-10-4-5-12(6-11(10)7-17)18-9-23-8-13(15(19)21-2)14(18)16(20)22-3/h4-6H,8-9H2,1-3H3. The third kappa shape index (κ3) is 3.17. The Morgan fingerprint density at radius 1 is 1.26 bits per heavy atom. The van der Waals surface area contributed by atoms with E-state index in [1.54, 1.807) is 18.2 Å². The van der Waals surface area contributed by atoms with Gasteiger partial charge >= 0.3 is 11.9 Å². The van der Waals surface area contributed by atoms with E-state index in [4.69, 9.17) is 19.5 Å². The van der Waals surface area contributed by atoms with E-state index < -0.39 is 11.9 Å². The van der Waals surface area contributed by atoms with Crippen molar-refractivity contribution in [2.24, 2.45) is 0 Å². The van der Waals surface area contributed by atoms with Gasteiger partial charge < -0.3 is 19.1 Å². The summed E-state index contributed by atoms with van der Waals surface area (Å²) in [5.74, 6) is -1.34. The van der Waals surface area contributed by atoms with Gasteiger partial charge in [0.05, 0.1) is 38.0 Å². The monoisotopic (exact) mass is 316 g/mol. The van der Waals surface area contributed by atoms with Crippen LogP contribution in [0, 0.1) is 18.3 Å². The van der Waals surface area contributed by atoms with Gasteiger partial charge in [0.2, 0.25) is 0 Å². The smallest absolute Gasteiger partial charge is 0.355 e.